The number of aliphatic hydroxyl groups is 1. The minimum Gasteiger partial charge on any atom is -0.496 e. The van der Waals surface area contributed by atoms with Gasteiger partial charge in [-0.1, -0.05) is 13.2 Å². The van der Waals surface area contributed by atoms with Crippen molar-refractivity contribution < 1.29 is 24.1 Å². The van der Waals surface area contributed by atoms with Crippen LogP contribution < -0.4 is 18.9 Å². The van der Waals surface area contributed by atoms with Crippen LogP contribution in [0.3, 0.4) is 0 Å². The summed E-state index contributed by atoms with van der Waals surface area (Å²) in [6.07, 6.45) is 0.489. The summed E-state index contributed by atoms with van der Waals surface area (Å²) in [4.78, 5) is 0. The van der Waals surface area contributed by atoms with E-state index in [2.05, 4.69) is 18.9 Å². The molecule has 0 aliphatic carbocycles. The van der Waals surface area contributed by atoms with Gasteiger partial charge in [0.15, 0.2) is 0 Å². The molecule has 30 heavy (non-hydrogen) atoms. The zero-order valence-corrected chi connectivity index (χ0v) is 17.2. The number of aliphatic hydroxyl groups excluding tert-OH is 1. The Morgan fingerprint density at radius 2 is 2.10 bits per heavy atom. The van der Waals surface area contributed by atoms with E-state index in [0.29, 0.717) is 17.9 Å². The lowest BCUT2D eigenvalue weighted by atomic mass is 9.78. The number of benzene rings is 2. The molecule has 0 amide bonds. The maximum Gasteiger partial charge on any atom is 0.144 e. The number of hydrogen-bond acceptors (Lipinski definition) is 5. The molecular formula is C25H24O5. The van der Waals surface area contributed by atoms with Gasteiger partial charge in [-0.2, -0.15) is 0 Å². The van der Waals surface area contributed by atoms with E-state index in [-0.39, 0.29) is 24.7 Å². The Morgan fingerprint density at radius 1 is 1.27 bits per heavy atom. The highest BCUT2D eigenvalue weighted by molar-refractivity contribution is 5.81. The van der Waals surface area contributed by atoms with Crippen molar-refractivity contribution in [3.63, 3.8) is 0 Å². The second-order valence-corrected chi connectivity index (χ2v) is 7.97. The summed E-state index contributed by atoms with van der Waals surface area (Å²) < 4.78 is 24.1. The fourth-order valence-corrected chi connectivity index (χ4v) is 4.65. The first-order chi connectivity index (χ1) is 14.5. The average Bonchev–Trinajstić information content (AvgIpc) is 3.21. The van der Waals surface area contributed by atoms with Crippen molar-refractivity contribution in [2.75, 3.05) is 13.7 Å². The molecule has 0 saturated carbocycles. The van der Waals surface area contributed by atoms with E-state index in [1.54, 1.807) is 7.11 Å². The molecule has 5 heteroatoms. The van der Waals surface area contributed by atoms with Crippen LogP contribution in [0, 0.1) is 0 Å². The molecule has 0 spiro atoms. The molecular weight excluding hydrogens is 380 g/mol. The van der Waals surface area contributed by atoms with E-state index in [1.807, 2.05) is 31.2 Å². The first-order valence-corrected chi connectivity index (χ1v) is 10.0. The predicted molar refractivity (Wildman–Crippen MR) is 113 cm³/mol. The molecule has 3 aliphatic heterocycles. The molecule has 3 aliphatic rings. The van der Waals surface area contributed by atoms with E-state index >= 15 is 0 Å². The van der Waals surface area contributed by atoms with Crippen LogP contribution >= 0.6 is 0 Å². The van der Waals surface area contributed by atoms with Crippen molar-refractivity contribution in [3.8, 4) is 23.0 Å². The highest BCUT2D eigenvalue weighted by Crippen LogP contribution is 2.53. The van der Waals surface area contributed by atoms with Crippen molar-refractivity contribution in [2.24, 2.45) is 0 Å². The third kappa shape index (κ3) is 2.67. The van der Waals surface area contributed by atoms with Gasteiger partial charge in [0.1, 0.15) is 41.8 Å². The molecule has 0 saturated heterocycles. The number of fused-ring (bicyclic) bond motifs is 6. The summed E-state index contributed by atoms with van der Waals surface area (Å²) in [6, 6.07) is 7.78. The minimum atomic E-state index is -0.214. The van der Waals surface area contributed by atoms with E-state index in [9.17, 15) is 5.11 Å². The van der Waals surface area contributed by atoms with Gasteiger partial charge in [0, 0.05) is 34.2 Å². The van der Waals surface area contributed by atoms with Gasteiger partial charge in [0.2, 0.25) is 0 Å². The van der Waals surface area contributed by atoms with Gasteiger partial charge in [-0.05, 0) is 36.8 Å². The summed E-state index contributed by atoms with van der Waals surface area (Å²) in [6.45, 7) is 10.3. The Bertz CT molecular complexity index is 1110. The molecule has 1 N–H and O–H groups in total. The Morgan fingerprint density at radius 3 is 2.80 bits per heavy atom. The van der Waals surface area contributed by atoms with E-state index in [0.717, 1.165) is 51.5 Å². The molecule has 0 aromatic heterocycles. The third-order valence-corrected chi connectivity index (χ3v) is 6.18. The lowest BCUT2D eigenvalue weighted by Crippen LogP contribution is -2.39. The molecule has 3 atom stereocenters. The monoisotopic (exact) mass is 404 g/mol. The fraction of sp³-hybridized carbons (Fsp3) is 0.320. The van der Waals surface area contributed by atoms with Gasteiger partial charge < -0.3 is 24.1 Å². The van der Waals surface area contributed by atoms with Gasteiger partial charge in [-0.25, -0.2) is 0 Å². The maximum absolute atomic E-state index is 9.66. The Balaban J connectivity index is 1.63. The molecule has 154 valence electrons. The zero-order chi connectivity index (χ0) is 21.0. The molecule has 5 nitrogen and oxygen atoms in total. The molecule has 0 fully saturated rings. The molecule has 5 rings (SSSR count). The van der Waals surface area contributed by atoms with Crippen LogP contribution in [0.2, 0.25) is 0 Å². The van der Waals surface area contributed by atoms with Gasteiger partial charge in [-0.15, -0.1) is 5.73 Å². The summed E-state index contributed by atoms with van der Waals surface area (Å²) in [7, 11) is 1.60. The normalized spacial score (nSPS) is 22.9. The third-order valence-electron chi connectivity index (χ3n) is 6.18. The predicted octanol–water partition coefficient (Wildman–Crippen LogP) is 4.17. The second-order valence-electron chi connectivity index (χ2n) is 7.97. The van der Waals surface area contributed by atoms with Crippen molar-refractivity contribution in [3.05, 3.63) is 71.0 Å². The van der Waals surface area contributed by atoms with E-state index < -0.39 is 0 Å². The molecule has 2 aromatic rings. The van der Waals surface area contributed by atoms with Crippen molar-refractivity contribution in [1.82, 2.24) is 0 Å². The smallest absolute Gasteiger partial charge is 0.144 e. The van der Waals surface area contributed by atoms with Gasteiger partial charge in [-0.3, -0.25) is 0 Å². The molecule has 3 heterocycles. The van der Waals surface area contributed by atoms with Crippen molar-refractivity contribution in [2.45, 2.75) is 38.1 Å². The van der Waals surface area contributed by atoms with Gasteiger partial charge in [0.25, 0.3) is 0 Å². The molecule has 0 unspecified atom stereocenters. The quantitative estimate of drug-likeness (QED) is 0.615. The maximum atomic E-state index is 9.66. The van der Waals surface area contributed by atoms with Crippen molar-refractivity contribution in [1.29, 1.82) is 0 Å². The van der Waals surface area contributed by atoms with Crippen LogP contribution in [0.1, 0.15) is 35.1 Å². The van der Waals surface area contributed by atoms with Gasteiger partial charge in [0.05, 0.1) is 19.6 Å². The highest BCUT2D eigenvalue weighted by atomic mass is 16.5. The number of hydrogen-bond donors (Lipinski definition) is 1. The van der Waals surface area contributed by atoms with Gasteiger partial charge >= 0.3 is 0 Å². The molecule has 2 aromatic carbocycles. The topological polar surface area (TPSA) is 57.2 Å². The Kier molecular flexibility index (Phi) is 4.39. The Hall–Kier alpha value is -3.14. The summed E-state index contributed by atoms with van der Waals surface area (Å²) in [5.74, 6) is 2.94. The van der Waals surface area contributed by atoms with Crippen LogP contribution in [0.15, 0.2) is 48.7 Å². The van der Waals surface area contributed by atoms with Crippen LogP contribution in [-0.4, -0.2) is 31.0 Å². The molecule has 0 bridgehead atoms. The lowest BCUT2D eigenvalue weighted by Gasteiger charge is -2.39. The second kappa shape index (κ2) is 6.98. The average molecular weight is 404 g/mol. The highest BCUT2D eigenvalue weighted by Gasteiger charge is 2.43. The molecule has 0 radical (unpaired) electrons. The zero-order valence-electron chi connectivity index (χ0n) is 17.2. The van der Waals surface area contributed by atoms with Crippen LogP contribution in [0.5, 0.6) is 23.0 Å². The lowest BCUT2D eigenvalue weighted by molar-refractivity contribution is 0.0941. The minimum absolute atomic E-state index is 0.0338. The standard InChI is InChI=1S/C25H24O5/c1-5-15-16-6-7-19-18(10-20(29-19)13(2)3)25(16)30-23-12-28-22-8-14(11-26)21(27-4)9-17(22)24(15)23/h6-9,20,23-24,26H,1-2,10-12H2,3-4H3/t20-,23-,24+/m1/s1. The largest absolute Gasteiger partial charge is 0.496 e. The summed E-state index contributed by atoms with van der Waals surface area (Å²) in [5.41, 5.74) is 8.83. The number of rotatable bonds is 3. The van der Waals surface area contributed by atoms with Crippen LogP contribution in [0.4, 0.5) is 0 Å². The first-order valence-electron chi connectivity index (χ1n) is 10.0. The van der Waals surface area contributed by atoms with Crippen LogP contribution in [-0.2, 0) is 13.0 Å². The summed E-state index contributed by atoms with van der Waals surface area (Å²) >= 11 is 0. The van der Waals surface area contributed by atoms with E-state index in [4.69, 9.17) is 18.9 Å². The Labute approximate surface area is 175 Å². The number of methoxy groups -OCH3 is 1. The van der Waals surface area contributed by atoms with E-state index in [1.165, 1.54) is 0 Å². The fourth-order valence-electron chi connectivity index (χ4n) is 4.65. The SMILES string of the molecule is C=C=C1c2ccc3c(c2O[C@@H]2COc4cc(CO)c(OC)cc4[C@H]12)C[C@H](C(=C)C)O3. The summed E-state index contributed by atoms with van der Waals surface area (Å²) in [5, 5.41) is 9.66. The van der Waals surface area contributed by atoms with Crippen LogP contribution in [0.25, 0.3) is 5.57 Å². The first kappa shape index (κ1) is 18.9. The van der Waals surface area contributed by atoms with Crippen molar-refractivity contribution >= 4 is 5.57 Å². The number of ether oxygens (including phenoxy) is 4.